The van der Waals surface area contributed by atoms with Crippen LogP contribution in [0.2, 0.25) is 0 Å². The van der Waals surface area contributed by atoms with Crippen LogP contribution >= 0.6 is 0 Å². The average Bonchev–Trinajstić information content (AvgIpc) is 0. The van der Waals surface area contributed by atoms with E-state index in [9.17, 15) is 0 Å². The van der Waals surface area contributed by atoms with E-state index in [2.05, 4.69) is 0 Å². The molecule has 0 aliphatic rings. The second kappa shape index (κ2) is 24.9. The van der Waals surface area contributed by atoms with Gasteiger partial charge in [0.05, 0.1) is 0 Å². The van der Waals surface area contributed by atoms with Gasteiger partial charge >= 0.3 is 0 Å². The summed E-state index contributed by atoms with van der Waals surface area (Å²) >= 11 is 0. The van der Waals surface area contributed by atoms with E-state index in [-0.39, 0.29) is 115 Å². The van der Waals surface area contributed by atoms with E-state index in [1.807, 2.05) is 0 Å². The van der Waals surface area contributed by atoms with Crippen molar-refractivity contribution in [1.29, 1.82) is 0 Å². The second-order valence-corrected chi connectivity index (χ2v) is 0. The fourth-order valence-electron chi connectivity index (χ4n) is 0. The van der Waals surface area contributed by atoms with Gasteiger partial charge in [-0.15, -0.1) is 0 Å². The first-order valence-electron chi connectivity index (χ1n) is 0. The van der Waals surface area contributed by atoms with Gasteiger partial charge in [0, 0.05) is 115 Å². The molecular formula is Sn3Ti2. The molecule has 5 heavy (non-hydrogen) atoms. The van der Waals surface area contributed by atoms with Crippen LogP contribution in [-0.2, 0) is 43.4 Å². The van der Waals surface area contributed by atoms with Gasteiger partial charge in [-0.25, -0.2) is 0 Å². The van der Waals surface area contributed by atoms with Crippen molar-refractivity contribution in [2.75, 3.05) is 0 Å². The summed E-state index contributed by atoms with van der Waals surface area (Å²) in [7, 11) is 0. The zero-order valence-electron chi connectivity index (χ0n) is 2.50. The number of rotatable bonds is 0. The van der Waals surface area contributed by atoms with Gasteiger partial charge in [-0.05, 0) is 0 Å². The summed E-state index contributed by atoms with van der Waals surface area (Å²) in [5.41, 5.74) is 0. The largest absolute Gasteiger partial charge is 0 e. The second-order valence-electron chi connectivity index (χ2n) is 0. The molecule has 0 spiro atoms. The Bertz CT molecular complexity index is 4.85. The Labute approximate surface area is 113 Å². The van der Waals surface area contributed by atoms with Gasteiger partial charge in [0.25, 0.3) is 0 Å². The van der Waals surface area contributed by atoms with Crippen molar-refractivity contribution in [3.63, 3.8) is 0 Å². The molecule has 0 aliphatic carbocycles. The monoisotopic (exact) mass is 456 g/mol. The number of hydrogen-bond acceptors (Lipinski definition) is 0. The fraction of sp³-hybridized carbons (Fsp3) is 0. The molecule has 12 radical (unpaired) electrons. The normalized spacial score (nSPS) is 0. The molecule has 0 saturated heterocycles. The van der Waals surface area contributed by atoms with E-state index < -0.39 is 0 Å². The Morgan fingerprint density at radius 2 is 0.400 bits per heavy atom. The van der Waals surface area contributed by atoms with Crippen LogP contribution in [0, 0.1) is 0 Å². The van der Waals surface area contributed by atoms with Gasteiger partial charge in [0.2, 0.25) is 0 Å². The van der Waals surface area contributed by atoms with E-state index in [1.54, 1.807) is 0 Å². The molecular weight excluding hydrogens is 452 g/mol. The Kier molecular flexibility index (Phi) is 184. The predicted molar refractivity (Wildman–Crippen MR) is 17.3 cm³/mol. The van der Waals surface area contributed by atoms with Crippen LogP contribution in [0.4, 0.5) is 0 Å². The first-order valence-corrected chi connectivity index (χ1v) is 0. The molecule has 0 heterocycles. The van der Waals surface area contributed by atoms with E-state index in [0.717, 1.165) is 0 Å². The summed E-state index contributed by atoms with van der Waals surface area (Å²) < 4.78 is 0. The summed E-state index contributed by atoms with van der Waals surface area (Å²) in [5, 5.41) is 0. The molecule has 0 amide bonds. The van der Waals surface area contributed by atoms with Crippen molar-refractivity contribution in [2.45, 2.75) is 0 Å². The summed E-state index contributed by atoms with van der Waals surface area (Å²) in [6, 6.07) is 0. The van der Waals surface area contributed by atoms with Gasteiger partial charge in [-0.1, -0.05) is 0 Å². The molecule has 5 heteroatoms. The standard InChI is InChI=1S/3Sn.2Ti. The van der Waals surface area contributed by atoms with Crippen LogP contribution in [0.15, 0.2) is 0 Å². The van der Waals surface area contributed by atoms with Crippen LogP contribution in [0.3, 0.4) is 0 Å². The van der Waals surface area contributed by atoms with E-state index in [4.69, 9.17) is 0 Å². The Hall–Kier alpha value is 3.82. The minimum absolute atomic E-state index is 0. The summed E-state index contributed by atoms with van der Waals surface area (Å²) in [6.07, 6.45) is 0. The minimum Gasteiger partial charge on any atom is 0 e. The van der Waals surface area contributed by atoms with Crippen molar-refractivity contribution in [3.05, 3.63) is 0 Å². The molecule has 0 nitrogen and oxygen atoms in total. The maximum absolute atomic E-state index is 0. The van der Waals surface area contributed by atoms with Crippen LogP contribution < -0.4 is 0 Å². The molecule has 0 aromatic rings. The first-order chi connectivity index (χ1) is 0. The van der Waals surface area contributed by atoms with Crippen LogP contribution in [0.25, 0.3) is 0 Å². The average molecular weight is 452 g/mol. The van der Waals surface area contributed by atoms with E-state index in [1.165, 1.54) is 0 Å². The zero-order chi connectivity index (χ0) is 0. The van der Waals surface area contributed by atoms with Crippen molar-refractivity contribution >= 4 is 71.7 Å². The number of hydrogen-bond donors (Lipinski definition) is 0. The molecule has 0 aromatic carbocycles. The molecule has 0 N–H and O–H groups in total. The Balaban J connectivity index is 0. The quantitative estimate of drug-likeness (QED) is 0.408. The third kappa shape index (κ3) is 18.1. The molecule has 0 fully saturated rings. The van der Waals surface area contributed by atoms with Crippen LogP contribution in [-0.4, -0.2) is 71.7 Å². The molecule has 0 bridgehead atoms. The molecule has 0 aliphatic heterocycles. The van der Waals surface area contributed by atoms with Gasteiger partial charge in [0.1, 0.15) is 0 Å². The first kappa shape index (κ1) is 36.9. The molecule has 0 unspecified atom stereocenters. The van der Waals surface area contributed by atoms with Crippen LogP contribution in [0.1, 0.15) is 0 Å². The third-order valence-corrected chi connectivity index (χ3v) is 0. The molecule has 0 aromatic heterocycles. The maximum Gasteiger partial charge on any atom is 0 e. The molecule has 20 valence electrons. The van der Waals surface area contributed by atoms with E-state index in [0.29, 0.717) is 0 Å². The van der Waals surface area contributed by atoms with Crippen molar-refractivity contribution < 1.29 is 43.4 Å². The van der Waals surface area contributed by atoms with Gasteiger partial charge in [-0.2, -0.15) is 0 Å². The van der Waals surface area contributed by atoms with E-state index >= 15 is 0 Å². The topological polar surface area (TPSA) is 0 Å². The Morgan fingerprint density at radius 3 is 0.400 bits per heavy atom. The van der Waals surface area contributed by atoms with Crippen molar-refractivity contribution in [1.82, 2.24) is 0 Å². The summed E-state index contributed by atoms with van der Waals surface area (Å²) in [6.45, 7) is 0. The SMILES string of the molecule is [Sn].[Sn].[Sn].[Ti].[Ti]. The molecule has 0 rings (SSSR count). The van der Waals surface area contributed by atoms with Gasteiger partial charge < -0.3 is 0 Å². The zero-order valence-corrected chi connectivity index (χ0v) is 14.2. The minimum atomic E-state index is 0. The van der Waals surface area contributed by atoms with Crippen LogP contribution in [0.5, 0.6) is 0 Å². The third-order valence-electron chi connectivity index (χ3n) is 0. The molecule has 0 saturated carbocycles. The van der Waals surface area contributed by atoms with Gasteiger partial charge in [0.15, 0.2) is 0 Å². The Morgan fingerprint density at radius 1 is 0.400 bits per heavy atom. The summed E-state index contributed by atoms with van der Waals surface area (Å²) in [5.74, 6) is 0. The molecule has 0 atom stereocenters. The van der Waals surface area contributed by atoms with Gasteiger partial charge in [-0.3, -0.25) is 0 Å². The summed E-state index contributed by atoms with van der Waals surface area (Å²) in [4.78, 5) is 0. The van der Waals surface area contributed by atoms with Crippen molar-refractivity contribution in [2.24, 2.45) is 0 Å². The fourth-order valence-corrected chi connectivity index (χ4v) is 0. The predicted octanol–water partition coefficient (Wildman–Crippen LogP) is -1.15. The smallest absolute Gasteiger partial charge is 0 e. The van der Waals surface area contributed by atoms with Crippen molar-refractivity contribution in [3.8, 4) is 0 Å². The maximum atomic E-state index is 0.